The van der Waals surface area contributed by atoms with E-state index in [1.165, 1.54) is 19.3 Å². The second-order valence-electron chi connectivity index (χ2n) is 6.18. The second kappa shape index (κ2) is 7.40. The van der Waals surface area contributed by atoms with Gasteiger partial charge in [0.2, 0.25) is 5.88 Å². The van der Waals surface area contributed by atoms with Crippen LogP contribution in [0.4, 0.5) is 5.82 Å². The normalized spacial score (nSPS) is 15.4. The highest BCUT2D eigenvalue weighted by atomic mass is 16.5. The summed E-state index contributed by atoms with van der Waals surface area (Å²) in [6.45, 7) is 4.58. The summed E-state index contributed by atoms with van der Waals surface area (Å²) in [4.78, 5) is 13.1. The molecule has 1 N–H and O–H groups in total. The molecule has 23 heavy (non-hydrogen) atoms. The first-order valence-corrected chi connectivity index (χ1v) is 8.36. The Balaban J connectivity index is 1.62. The first kappa shape index (κ1) is 15.7. The van der Waals surface area contributed by atoms with Gasteiger partial charge in [-0.25, -0.2) is 9.97 Å². The molecule has 0 bridgehead atoms. The van der Waals surface area contributed by atoms with Crippen molar-refractivity contribution >= 4 is 5.82 Å². The van der Waals surface area contributed by atoms with E-state index in [-0.39, 0.29) is 0 Å². The van der Waals surface area contributed by atoms with E-state index >= 15 is 0 Å². The number of aromatic nitrogens is 3. The Morgan fingerprint density at radius 3 is 2.83 bits per heavy atom. The van der Waals surface area contributed by atoms with Crippen molar-refractivity contribution in [1.29, 1.82) is 0 Å². The Morgan fingerprint density at radius 2 is 2.00 bits per heavy atom. The van der Waals surface area contributed by atoms with Crippen molar-refractivity contribution in [2.45, 2.75) is 58.6 Å². The molecule has 2 aromatic heterocycles. The van der Waals surface area contributed by atoms with Crippen LogP contribution in [0.1, 0.15) is 49.1 Å². The lowest BCUT2D eigenvalue weighted by Gasteiger charge is -2.22. The molecule has 3 rings (SSSR count). The van der Waals surface area contributed by atoms with E-state index in [4.69, 9.17) is 4.74 Å². The second-order valence-corrected chi connectivity index (χ2v) is 6.18. The number of hydrogen-bond donors (Lipinski definition) is 1. The molecule has 0 saturated heterocycles. The van der Waals surface area contributed by atoms with Crippen molar-refractivity contribution in [2.75, 3.05) is 5.32 Å². The summed E-state index contributed by atoms with van der Waals surface area (Å²) in [7, 11) is 0. The highest BCUT2D eigenvalue weighted by Crippen LogP contribution is 2.22. The summed E-state index contributed by atoms with van der Waals surface area (Å²) in [6, 6.07) is 4.01. The molecule has 2 aromatic rings. The minimum atomic E-state index is 0.323. The van der Waals surface area contributed by atoms with E-state index in [2.05, 4.69) is 20.3 Å². The Kier molecular flexibility index (Phi) is 5.05. The Bertz CT molecular complexity index is 653. The van der Waals surface area contributed by atoms with Crippen LogP contribution < -0.4 is 10.1 Å². The fraction of sp³-hybridized carbons (Fsp3) is 0.500. The monoisotopic (exact) mass is 312 g/mol. The van der Waals surface area contributed by atoms with E-state index in [1.807, 2.05) is 32.2 Å². The molecule has 122 valence electrons. The van der Waals surface area contributed by atoms with E-state index in [9.17, 15) is 0 Å². The zero-order chi connectivity index (χ0) is 16.1. The molecule has 1 aliphatic rings. The number of nitrogens with one attached hydrogen (secondary N) is 1. The van der Waals surface area contributed by atoms with Gasteiger partial charge in [0.05, 0.1) is 11.4 Å². The number of aryl methyl sites for hydroxylation is 2. The third kappa shape index (κ3) is 4.41. The van der Waals surface area contributed by atoms with Crippen LogP contribution in [0.15, 0.2) is 24.5 Å². The predicted molar refractivity (Wildman–Crippen MR) is 90.6 cm³/mol. The van der Waals surface area contributed by atoms with Gasteiger partial charge in [-0.2, -0.15) is 0 Å². The first-order valence-electron chi connectivity index (χ1n) is 8.36. The molecule has 1 saturated carbocycles. The number of ether oxygens (including phenoxy) is 1. The zero-order valence-corrected chi connectivity index (χ0v) is 13.9. The van der Waals surface area contributed by atoms with Crippen molar-refractivity contribution in [3.63, 3.8) is 0 Å². The van der Waals surface area contributed by atoms with Gasteiger partial charge in [0, 0.05) is 25.0 Å². The third-order valence-electron chi connectivity index (χ3n) is 4.17. The summed E-state index contributed by atoms with van der Waals surface area (Å²) in [6.07, 6.45) is 10.0. The molecule has 0 atom stereocenters. The molecule has 5 nitrogen and oxygen atoms in total. The number of pyridine rings is 1. The van der Waals surface area contributed by atoms with Gasteiger partial charge in [0.15, 0.2) is 0 Å². The fourth-order valence-corrected chi connectivity index (χ4v) is 2.87. The van der Waals surface area contributed by atoms with Gasteiger partial charge in [-0.3, -0.25) is 4.98 Å². The number of anilines is 1. The van der Waals surface area contributed by atoms with Gasteiger partial charge >= 0.3 is 0 Å². The molecule has 5 heteroatoms. The number of hydrogen-bond acceptors (Lipinski definition) is 5. The van der Waals surface area contributed by atoms with Crippen molar-refractivity contribution in [1.82, 2.24) is 15.0 Å². The van der Waals surface area contributed by atoms with Crippen LogP contribution in [0.25, 0.3) is 0 Å². The first-order chi connectivity index (χ1) is 11.2. The highest BCUT2D eigenvalue weighted by Gasteiger charge is 2.15. The van der Waals surface area contributed by atoms with Crippen LogP contribution in [0.5, 0.6) is 5.88 Å². The summed E-state index contributed by atoms with van der Waals surface area (Å²) in [5.74, 6) is 1.56. The quantitative estimate of drug-likeness (QED) is 0.909. The lowest BCUT2D eigenvalue weighted by atomic mass is 9.98. The zero-order valence-electron chi connectivity index (χ0n) is 13.9. The molecule has 0 unspecified atom stereocenters. The van der Waals surface area contributed by atoms with Crippen LogP contribution in [-0.4, -0.2) is 21.1 Å². The van der Waals surface area contributed by atoms with E-state index in [1.54, 1.807) is 6.20 Å². The predicted octanol–water partition coefficient (Wildman–Crippen LogP) is 3.81. The van der Waals surface area contributed by atoms with Gasteiger partial charge < -0.3 is 10.1 Å². The van der Waals surface area contributed by atoms with Crippen molar-refractivity contribution in [3.05, 3.63) is 41.5 Å². The molecule has 2 heterocycles. The van der Waals surface area contributed by atoms with Crippen molar-refractivity contribution in [2.24, 2.45) is 0 Å². The summed E-state index contributed by atoms with van der Waals surface area (Å²) >= 11 is 0. The van der Waals surface area contributed by atoms with Crippen LogP contribution >= 0.6 is 0 Å². The molecule has 0 aromatic carbocycles. The van der Waals surface area contributed by atoms with E-state index in [0.717, 1.165) is 41.5 Å². The molecule has 1 aliphatic carbocycles. The summed E-state index contributed by atoms with van der Waals surface area (Å²) in [5.41, 5.74) is 2.95. The van der Waals surface area contributed by atoms with E-state index < -0.39 is 0 Å². The maximum absolute atomic E-state index is 6.02. The Hall–Kier alpha value is -2.17. The third-order valence-corrected chi connectivity index (χ3v) is 4.17. The maximum Gasteiger partial charge on any atom is 0.213 e. The average molecular weight is 312 g/mol. The largest absolute Gasteiger partial charge is 0.474 e. The van der Waals surface area contributed by atoms with Crippen LogP contribution in [-0.2, 0) is 6.54 Å². The lowest BCUT2D eigenvalue weighted by molar-refractivity contribution is 0.148. The molecule has 0 radical (unpaired) electrons. The van der Waals surface area contributed by atoms with Gasteiger partial charge in [0.1, 0.15) is 11.9 Å². The molecule has 0 amide bonds. The average Bonchev–Trinajstić information content (AvgIpc) is 2.57. The minimum absolute atomic E-state index is 0.323. The van der Waals surface area contributed by atoms with Crippen molar-refractivity contribution in [3.8, 4) is 5.88 Å². The van der Waals surface area contributed by atoms with Crippen LogP contribution in [0.3, 0.4) is 0 Å². The summed E-state index contributed by atoms with van der Waals surface area (Å²) < 4.78 is 6.02. The fourth-order valence-electron chi connectivity index (χ4n) is 2.87. The van der Waals surface area contributed by atoms with Crippen molar-refractivity contribution < 1.29 is 4.74 Å². The topological polar surface area (TPSA) is 59.9 Å². The highest BCUT2D eigenvalue weighted by molar-refractivity contribution is 5.40. The molecule has 1 fully saturated rings. The van der Waals surface area contributed by atoms with Crippen LogP contribution in [0.2, 0.25) is 0 Å². The molecule has 0 spiro atoms. The minimum Gasteiger partial charge on any atom is -0.474 e. The van der Waals surface area contributed by atoms with Gasteiger partial charge in [-0.15, -0.1) is 0 Å². The number of rotatable bonds is 5. The molecule has 0 aliphatic heterocycles. The number of nitrogens with zero attached hydrogens (tertiary/aromatic N) is 3. The van der Waals surface area contributed by atoms with Gasteiger partial charge in [-0.05, 0) is 51.2 Å². The lowest BCUT2D eigenvalue weighted by Crippen LogP contribution is -2.20. The smallest absolute Gasteiger partial charge is 0.213 e. The molecular formula is C18H24N4O. The summed E-state index contributed by atoms with van der Waals surface area (Å²) in [5, 5.41) is 3.34. The van der Waals surface area contributed by atoms with E-state index in [0.29, 0.717) is 12.6 Å². The van der Waals surface area contributed by atoms with Crippen LogP contribution in [0, 0.1) is 13.8 Å². The Labute approximate surface area is 137 Å². The SMILES string of the molecule is Cc1cnc(C)c(NCc2ccnc(OC3CCCCC3)c2)n1. The van der Waals surface area contributed by atoms with Gasteiger partial charge in [-0.1, -0.05) is 6.42 Å². The Morgan fingerprint density at radius 1 is 1.17 bits per heavy atom. The van der Waals surface area contributed by atoms with Gasteiger partial charge in [0.25, 0.3) is 0 Å². The molecular weight excluding hydrogens is 288 g/mol. The standard InChI is InChI=1S/C18H24N4O/c1-13-11-20-14(2)18(22-13)21-12-15-8-9-19-17(10-15)23-16-6-4-3-5-7-16/h8-11,16H,3-7,12H2,1-2H3,(H,21,22). The maximum atomic E-state index is 6.02.